The van der Waals surface area contributed by atoms with Gasteiger partial charge in [-0.25, -0.2) is 0 Å². The van der Waals surface area contributed by atoms with Crippen molar-refractivity contribution in [1.82, 2.24) is 0 Å². The highest BCUT2D eigenvalue weighted by atomic mass is 32.1. The van der Waals surface area contributed by atoms with Crippen molar-refractivity contribution in [2.75, 3.05) is 11.9 Å². The van der Waals surface area contributed by atoms with E-state index >= 15 is 0 Å². The lowest BCUT2D eigenvalue weighted by Crippen LogP contribution is -2.40. The third-order valence-electron chi connectivity index (χ3n) is 4.92. The lowest BCUT2D eigenvalue weighted by molar-refractivity contribution is -0.125. The summed E-state index contributed by atoms with van der Waals surface area (Å²) in [5.74, 6) is 1.39. The number of hydrogen-bond acceptors (Lipinski definition) is 6. The molecule has 138 valence electrons. The van der Waals surface area contributed by atoms with Gasteiger partial charge < -0.3 is 14.8 Å². The van der Waals surface area contributed by atoms with Crippen LogP contribution >= 0.6 is 23.6 Å². The van der Waals surface area contributed by atoms with Crippen LogP contribution in [0.2, 0.25) is 0 Å². The van der Waals surface area contributed by atoms with Crippen molar-refractivity contribution in [3.05, 3.63) is 44.8 Å². The Labute approximate surface area is 166 Å². The molecule has 1 amide bonds. The van der Waals surface area contributed by atoms with E-state index in [0.717, 1.165) is 34.2 Å². The molecule has 2 unspecified atom stereocenters. The summed E-state index contributed by atoms with van der Waals surface area (Å²) >= 11 is 6.84. The van der Waals surface area contributed by atoms with Gasteiger partial charge in [0.1, 0.15) is 17.7 Å². The van der Waals surface area contributed by atoms with Crippen LogP contribution in [0.3, 0.4) is 0 Å². The van der Waals surface area contributed by atoms with Crippen molar-refractivity contribution in [2.24, 2.45) is 5.92 Å². The molecule has 1 aliphatic heterocycles. The van der Waals surface area contributed by atoms with E-state index in [1.54, 1.807) is 12.1 Å². The molecule has 2 aromatic rings. The van der Waals surface area contributed by atoms with Crippen LogP contribution in [0.15, 0.2) is 24.3 Å². The van der Waals surface area contributed by atoms with Gasteiger partial charge in [-0.3, -0.25) is 4.79 Å². The van der Waals surface area contributed by atoms with Crippen LogP contribution in [-0.4, -0.2) is 18.6 Å². The molecule has 1 aromatic heterocycles. The average Bonchev–Trinajstić information content (AvgIpc) is 2.68. The summed E-state index contributed by atoms with van der Waals surface area (Å²) in [5.41, 5.74) is 2.61. The first-order valence-electron chi connectivity index (χ1n) is 8.85. The average molecular weight is 399 g/mol. The maximum atomic E-state index is 12.7. The summed E-state index contributed by atoms with van der Waals surface area (Å²) in [7, 11) is 0. The molecule has 0 radical (unpaired) electrons. The quantitative estimate of drug-likeness (QED) is 0.766. The van der Waals surface area contributed by atoms with Gasteiger partial charge in [0.2, 0.25) is 6.10 Å². The molecular weight excluding hydrogens is 380 g/mol. The van der Waals surface area contributed by atoms with Crippen molar-refractivity contribution in [3.8, 4) is 17.6 Å². The lowest BCUT2D eigenvalue weighted by Gasteiger charge is -2.26. The summed E-state index contributed by atoms with van der Waals surface area (Å²) in [6, 6.07) is 9.50. The molecule has 0 spiro atoms. The van der Waals surface area contributed by atoms with Crippen molar-refractivity contribution >= 4 is 34.5 Å². The fourth-order valence-electron chi connectivity index (χ4n) is 3.49. The number of rotatable bonds is 2. The van der Waals surface area contributed by atoms with Crippen LogP contribution in [0, 0.1) is 21.1 Å². The Balaban J connectivity index is 1.60. The van der Waals surface area contributed by atoms with Gasteiger partial charge in [-0.1, -0.05) is 31.3 Å². The van der Waals surface area contributed by atoms with Gasteiger partial charge in [0, 0.05) is 0 Å². The Morgan fingerprint density at radius 2 is 2.11 bits per heavy atom. The third-order valence-corrected chi connectivity index (χ3v) is 6.36. The molecule has 2 atom stereocenters. The number of fused-ring (bicyclic) bond motifs is 2. The first kappa shape index (κ1) is 18.0. The number of anilines is 1. The van der Waals surface area contributed by atoms with Crippen molar-refractivity contribution in [3.63, 3.8) is 0 Å². The second-order valence-electron chi connectivity index (χ2n) is 6.86. The number of carbonyl (C=O) groups is 1. The number of nitrogens with zero attached hydrogens (tertiary/aromatic N) is 1. The first-order chi connectivity index (χ1) is 13.1. The molecule has 27 heavy (non-hydrogen) atoms. The summed E-state index contributed by atoms with van der Waals surface area (Å²) in [5, 5.41) is 13.1. The largest absolute Gasteiger partial charge is 0.485 e. The monoisotopic (exact) mass is 398 g/mol. The van der Waals surface area contributed by atoms with E-state index in [1.807, 2.05) is 12.1 Å². The molecule has 5 nitrogen and oxygen atoms in total. The fourth-order valence-corrected chi connectivity index (χ4v) is 4.88. The molecule has 2 heterocycles. The lowest BCUT2D eigenvalue weighted by atomic mass is 9.85. The van der Waals surface area contributed by atoms with Crippen molar-refractivity contribution < 1.29 is 14.3 Å². The van der Waals surface area contributed by atoms with Crippen LogP contribution in [0.25, 0.3) is 0 Å². The zero-order valence-electron chi connectivity index (χ0n) is 14.8. The van der Waals surface area contributed by atoms with E-state index < -0.39 is 6.10 Å². The van der Waals surface area contributed by atoms with E-state index in [2.05, 4.69) is 18.3 Å². The zero-order chi connectivity index (χ0) is 19.0. The Kier molecular flexibility index (Phi) is 4.85. The van der Waals surface area contributed by atoms with Crippen LogP contribution in [0.5, 0.6) is 11.5 Å². The maximum Gasteiger partial charge on any atom is 0.269 e. The van der Waals surface area contributed by atoms with Crippen molar-refractivity contribution in [2.45, 2.75) is 32.3 Å². The molecule has 0 fully saturated rings. The van der Waals surface area contributed by atoms with Crippen LogP contribution < -0.4 is 14.8 Å². The van der Waals surface area contributed by atoms with Gasteiger partial charge >= 0.3 is 0 Å². The molecule has 0 bridgehead atoms. The topological polar surface area (TPSA) is 71.4 Å². The highest BCUT2D eigenvalue weighted by Gasteiger charge is 2.29. The third kappa shape index (κ3) is 3.43. The predicted molar refractivity (Wildman–Crippen MR) is 106 cm³/mol. The van der Waals surface area contributed by atoms with Gasteiger partial charge in [-0.2, -0.15) is 5.26 Å². The number of amides is 1. The number of carbonyl (C=O) groups excluding carboxylic acids is 1. The Morgan fingerprint density at radius 3 is 2.89 bits per heavy atom. The van der Waals surface area contributed by atoms with Crippen molar-refractivity contribution in [1.29, 1.82) is 5.26 Å². The summed E-state index contributed by atoms with van der Waals surface area (Å²) in [6.07, 6.45) is 1.96. The molecule has 1 N–H and O–H groups in total. The molecule has 1 aliphatic carbocycles. The predicted octanol–water partition coefficient (Wildman–Crippen LogP) is 4.25. The molecular formula is C20H18N2O3S2. The van der Waals surface area contributed by atoms with Gasteiger partial charge in [0.15, 0.2) is 11.5 Å². The molecule has 4 rings (SSSR count). The van der Waals surface area contributed by atoms with Crippen LogP contribution in [0.1, 0.15) is 30.0 Å². The molecule has 0 saturated carbocycles. The standard InChI is InChI=1S/C20H18N2O3S2/c1-11-6-7-12-13(8-11)20(26)27-19(14(12)9-21)22-18(23)17-10-24-15-4-2-3-5-16(15)25-17/h2-5,11,17H,6-8,10H2,1H3,(H,22,23). The SMILES string of the molecule is CC1CCc2c(C#N)c(NC(=O)C3COc4ccccc4O3)sc(=S)c2C1. The van der Waals surface area contributed by atoms with E-state index in [1.165, 1.54) is 11.3 Å². The van der Waals surface area contributed by atoms with Gasteiger partial charge in [0.25, 0.3) is 5.91 Å². The number of nitriles is 1. The number of nitrogens with one attached hydrogen (secondary N) is 1. The second kappa shape index (κ2) is 7.29. The van der Waals surface area contributed by atoms with E-state index in [0.29, 0.717) is 28.0 Å². The summed E-state index contributed by atoms with van der Waals surface area (Å²) in [6.45, 7) is 2.32. The maximum absolute atomic E-state index is 12.7. The van der Waals surface area contributed by atoms with E-state index in [-0.39, 0.29) is 12.5 Å². The number of hydrogen-bond donors (Lipinski definition) is 1. The van der Waals surface area contributed by atoms with Gasteiger partial charge in [-0.15, -0.1) is 11.3 Å². The fraction of sp³-hybridized carbons (Fsp3) is 0.350. The Morgan fingerprint density at radius 1 is 1.33 bits per heavy atom. The minimum Gasteiger partial charge on any atom is -0.485 e. The van der Waals surface area contributed by atoms with Crippen LogP contribution in [-0.2, 0) is 17.6 Å². The van der Waals surface area contributed by atoms with E-state index in [4.69, 9.17) is 21.7 Å². The molecule has 1 aromatic carbocycles. The zero-order valence-corrected chi connectivity index (χ0v) is 16.4. The highest BCUT2D eigenvalue weighted by Crippen LogP contribution is 2.36. The van der Waals surface area contributed by atoms with E-state index in [9.17, 15) is 10.1 Å². The molecule has 7 heteroatoms. The first-order valence-corrected chi connectivity index (χ1v) is 10.1. The second-order valence-corrected chi connectivity index (χ2v) is 8.55. The minimum atomic E-state index is -0.775. The molecule has 2 aliphatic rings. The molecule has 0 saturated heterocycles. The summed E-state index contributed by atoms with van der Waals surface area (Å²) < 4.78 is 12.1. The highest BCUT2D eigenvalue weighted by molar-refractivity contribution is 7.73. The van der Waals surface area contributed by atoms with Gasteiger partial charge in [-0.05, 0) is 48.4 Å². The normalized spacial score (nSPS) is 20.3. The van der Waals surface area contributed by atoms with Gasteiger partial charge in [0.05, 0.1) is 9.39 Å². The number of ether oxygens (including phenoxy) is 2. The van der Waals surface area contributed by atoms with Crippen LogP contribution in [0.4, 0.5) is 5.00 Å². The number of benzene rings is 1. The smallest absolute Gasteiger partial charge is 0.269 e. The number of para-hydroxylation sites is 2. The Hall–Kier alpha value is -2.43. The summed E-state index contributed by atoms with van der Waals surface area (Å²) in [4.78, 5) is 12.7. The Bertz CT molecular complexity index is 1010. The minimum absolute atomic E-state index is 0.124.